The molecule has 18 heavy (non-hydrogen) atoms. The third-order valence-electron chi connectivity index (χ3n) is 3.98. The van der Waals surface area contributed by atoms with Crippen LogP contribution in [0.2, 0.25) is 0 Å². The molecule has 0 aliphatic rings. The molecular weight excluding hydrogens is 228 g/mol. The van der Waals surface area contributed by atoms with Crippen LogP contribution in [0.15, 0.2) is 12.3 Å². The topological polar surface area (TPSA) is 47.3 Å². The molecular formula is C14H26N2O2. The minimum absolute atomic E-state index is 0.399. The molecule has 4 heteroatoms. The van der Waals surface area contributed by atoms with Gasteiger partial charge in [-0.2, -0.15) is 5.10 Å². The van der Waals surface area contributed by atoms with Crippen molar-refractivity contribution in [1.82, 2.24) is 9.78 Å². The largest absolute Gasteiger partial charge is 0.390 e. The van der Waals surface area contributed by atoms with Crippen LogP contribution in [0.25, 0.3) is 0 Å². The highest BCUT2D eigenvalue weighted by Crippen LogP contribution is 2.22. The predicted octanol–water partition coefficient (Wildman–Crippen LogP) is 2.57. The second-order valence-electron chi connectivity index (χ2n) is 5.13. The van der Waals surface area contributed by atoms with E-state index in [1.54, 1.807) is 7.11 Å². The molecule has 0 aliphatic carbocycles. The van der Waals surface area contributed by atoms with Crippen molar-refractivity contribution in [3.8, 4) is 0 Å². The Bertz CT molecular complexity index is 358. The Labute approximate surface area is 110 Å². The average molecular weight is 254 g/mol. The number of methoxy groups -OCH3 is 1. The van der Waals surface area contributed by atoms with Crippen LogP contribution in [0.5, 0.6) is 0 Å². The van der Waals surface area contributed by atoms with E-state index in [-0.39, 0.29) is 0 Å². The van der Waals surface area contributed by atoms with Gasteiger partial charge in [-0.1, -0.05) is 13.8 Å². The van der Waals surface area contributed by atoms with Gasteiger partial charge in [0.1, 0.15) is 0 Å². The molecule has 1 N–H and O–H groups in total. The number of ether oxygens (including phenoxy) is 1. The van der Waals surface area contributed by atoms with Gasteiger partial charge in [-0.05, 0) is 32.8 Å². The third-order valence-corrected chi connectivity index (χ3v) is 3.98. The van der Waals surface area contributed by atoms with Gasteiger partial charge < -0.3 is 9.84 Å². The summed E-state index contributed by atoms with van der Waals surface area (Å²) in [5.74, 6) is 0. The van der Waals surface area contributed by atoms with Crippen LogP contribution >= 0.6 is 0 Å². The van der Waals surface area contributed by atoms with Crippen molar-refractivity contribution in [2.75, 3.05) is 7.11 Å². The van der Waals surface area contributed by atoms with Gasteiger partial charge in [0.15, 0.2) is 0 Å². The lowest BCUT2D eigenvalue weighted by molar-refractivity contribution is -0.0917. The zero-order valence-corrected chi connectivity index (χ0v) is 12.2. The van der Waals surface area contributed by atoms with Gasteiger partial charge in [-0.15, -0.1) is 0 Å². The summed E-state index contributed by atoms with van der Waals surface area (Å²) in [6.45, 7) is 8.23. The van der Waals surface area contributed by atoms with E-state index in [2.05, 4.69) is 18.9 Å². The number of aliphatic hydroxyl groups is 1. The maximum Gasteiger partial charge on any atom is 0.0909 e. The average Bonchev–Trinajstić information content (AvgIpc) is 2.85. The van der Waals surface area contributed by atoms with Crippen LogP contribution in [-0.2, 0) is 11.2 Å². The molecule has 104 valence electrons. The van der Waals surface area contributed by atoms with Crippen LogP contribution in [-0.4, -0.2) is 33.7 Å². The smallest absolute Gasteiger partial charge is 0.0909 e. The molecule has 4 nitrogen and oxygen atoms in total. The van der Waals surface area contributed by atoms with E-state index in [9.17, 15) is 5.11 Å². The van der Waals surface area contributed by atoms with Crippen molar-refractivity contribution in [2.24, 2.45) is 0 Å². The molecule has 0 saturated heterocycles. The zero-order chi connectivity index (χ0) is 13.8. The Morgan fingerprint density at radius 1 is 1.50 bits per heavy atom. The van der Waals surface area contributed by atoms with Gasteiger partial charge in [0.25, 0.3) is 0 Å². The zero-order valence-electron chi connectivity index (χ0n) is 12.2. The van der Waals surface area contributed by atoms with E-state index in [1.165, 1.54) is 0 Å². The van der Waals surface area contributed by atoms with Crippen LogP contribution in [0.3, 0.4) is 0 Å². The summed E-state index contributed by atoms with van der Waals surface area (Å²) in [7, 11) is 1.64. The Hall–Kier alpha value is -0.870. The first kappa shape index (κ1) is 15.2. The standard InChI is InChI=1S/C14H26N2O2/c1-6-11(3)16-9-8-12(15-16)10-13(17)14(4,7-2)18-5/h8-9,11,13,17H,6-7,10H2,1-5H3. The summed E-state index contributed by atoms with van der Waals surface area (Å²) in [4.78, 5) is 0. The van der Waals surface area contributed by atoms with E-state index in [4.69, 9.17) is 4.74 Å². The van der Waals surface area contributed by atoms with E-state index in [0.29, 0.717) is 12.5 Å². The molecule has 0 radical (unpaired) electrons. The third kappa shape index (κ3) is 3.33. The maximum absolute atomic E-state index is 10.3. The van der Waals surface area contributed by atoms with Crippen molar-refractivity contribution in [1.29, 1.82) is 0 Å². The minimum Gasteiger partial charge on any atom is -0.390 e. The second kappa shape index (κ2) is 6.34. The summed E-state index contributed by atoms with van der Waals surface area (Å²) in [5, 5.41) is 14.8. The highest BCUT2D eigenvalue weighted by Gasteiger charge is 2.31. The van der Waals surface area contributed by atoms with Gasteiger partial charge in [0, 0.05) is 25.8 Å². The lowest BCUT2D eigenvalue weighted by atomic mass is 9.92. The molecule has 1 heterocycles. The summed E-state index contributed by atoms with van der Waals surface area (Å²) in [5.41, 5.74) is 0.416. The van der Waals surface area contributed by atoms with Crippen molar-refractivity contribution in [3.63, 3.8) is 0 Å². The molecule has 3 atom stereocenters. The summed E-state index contributed by atoms with van der Waals surface area (Å²) < 4.78 is 7.37. The minimum atomic E-state index is -0.534. The molecule has 3 unspecified atom stereocenters. The molecule has 1 aromatic rings. The van der Waals surface area contributed by atoms with Gasteiger partial charge in [-0.25, -0.2) is 0 Å². The number of rotatable bonds is 7. The van der Waals surface area contributed by atoms with Gasteiger partial charge in [-0.3, -0.25) is 4.68 Å². The van der Waals surface area contributed by atoms with Crippen molar-refractivity contribution in [2.45, 2.75) is 64.7 Å². The van der Waals surface area contributed by atoms with Crippen LogP contribution in [0, 0.1) is 0 Å². The van der Waals surface area contributed by atoms with Crippen molar-refractivity contribution >= 4 is 0 Å². The lowest BCUT2D eigenvalue weighted by Crippen LogP contribution is -2.42. The molecule has 1 rings (SSSR count). The SMILES string of the molecule is CCC(C)n1ccc(CC(O)C(C)(CC)OC)n1. The fourth-order valence-electron chi connectivity index (χ4n) is 1.85. The van der Waals surface area contributed by atoms with Gasteiger partial charge >= 0.3 is 0 Å². The number of hydrogen-bond acceptors (Lipinski definition) is 3. The van der Waals surface area contributed by atoms with E-state index in [0.717, 1.165) is 18.5 Å². The highest BCUT2D eigenvalue weighted by atomic mass is 16.5. The van der Waals surface area contributed by atoms with Gasteiger partial charge in [0.2, 0.25) is 0 Å². The maximum atomic E-state index is 10.3. The van der Waals surface area contributed by atoms with Crippen molar-refractivity contribution in [3.05, 3.63) is 18.0 Å². The normalized spacial score (nSPS) is 18.3. The number of aliphatic hydroxyl groups excluding tert-OH is 1. The quantitative estimate of drug-likeness (QED) is 0.813. The Kier molecular flexibility index (Phi) is 5.35. The fourth-order valence-corrected chi connectivity index (χ4v) is 1.85. The monoisotopic (exact) mass is 254 g/mol. The van der Waals surface area contributed by atoms with E-state index in [1.807, 2.05) is 30.8 Å². The first-order chi connectivity index (χ1) is 8.46. The Morgan fingerprint density at radius 3 is 2.67 bits per heavy atom. The van der Waals surface area contributed by atoms with Crippen molar-refractivity contribution < 1.29 is 9.84 Å². The van der Waals surface area contributed by atoms with Crippen LogP contribution in [0.4, 0.5) is 0 Å². The molecule has 1 aromatic heterocycles. The first-order valence-corrected chi connectivity index (χ1v) is 6.74. The van der Waals surface area contributed by atoms with E-state index >= 15 is 0 Å². The summed E-state index contributed by atoms with van der Waals surface area (Å²) in [6.07, 6.45) is 3.80. The number of nitrogens with zero attached hydrogens (tertiary/aromatic N) is 2. The highest BCUT2D eigenvalue weighted by molar-refractivity contribution is 5.03. The first-order valence-electron chi connectivity index (χ1n) is 6.74. The van der Waals surface area contributed by atoms with Crippen LogP contribution < -0.4 is 0 Å². The fraction of sp³-hybridized carbons (Fsp3) is 0.786. The molecule has 0 saturated carbocycles. The molecule has 0 amide bonds. The Morgan fingerprint density at radius 2 is 2.17 bits per heavy atom. The van der Waals surface area contributed by atoms with E-state index < -0.39 is 11.7 Å². The Balaban J connectivity index is 2.70. The molecule has 0 fully saturated rings. The summed E-state index contributed by atoms with van der Waals surface area (Å²) in [6, 6.07) is 2.37. The molecule has 0 aliphatic heterocycles. The lowest BCUT2D eigenvalue weighted by Gasteiger charge is -2.31. The molecule has 0 spiro atoms. The molecule has 0 aromatic carbocycles. The molecule has 0 bridgehead atoms. The number of hydrogen-bond donors (Lipinski definition) is 1. The second-order valence-corrected chi connectivity index (χ2v) is 5.13. The summed E-state index contributed by atoms with van der Waals surface area (Å²) >= 11 is 0. The predicted molar refractivity (Wildman–Crippen MR) is 72.6 cm³/mol. The van der Waals surface area contributed by atoms with Crippen LogP contribution in [0.1, 0.15) is 52.3 Å². The van der Waals surface area contributed by atoms with Gasteiger partial charge in [0.05, 0.1) is 17.4 Å². The number of aromatic nitrogens is 2.